The zero-order valence-electron chi connectivity index (χ0n) is 22.8. The second-order valence-electron chi connectivity index (χ2n) is 9.14. The molecule has 6 nitrogen and oxygen atoms in total. The van der Waals surface area contributed by atoms with Crippen LogP contribution in [-0.2, 0) is 4.79 Å². The van der Waals surface area contributed by atoms with Crippen LogP contribution in [0.5, 0.6) is 17.2 Å². The fourth-order valence-electron chi connectivity index (χ4n) is 4.16. The second kappa shape index (κ2) is 14.2. The minimum absolute atomic E-state index is 0.130. The first kappa shape index (κ1) is 28.7. The third-order valence-electron chi connectivity index (χ3n) is 6.14. The third kappa shape index (κ3) is 7.90. The molecule has 0 heterocycles. The van der Waals surface area contributed by atoms with Crippen LogP contribution < -0.4 is 25.4 Å². The van der Waals surface area contributed by atoms with Gasteiger partial charge in [-0.3, -0.25) is 4.79 Å². The summed E-state index contributed by atoms with van der Waals surface area (Å²) in [5.41, 5.74) is 3.15. The van der Waals surface area contributed by atoms with Crippen molar-refractivity contribution in [1.29, 1.82) is 0 Å². The molecule has 0 bridgehead atoms. The number of methoxy groups -OCH3 is 1. The molecule has 0 aliphatic carbocycles. The van der Waals surface area contributed by atoms with E-state index >= 15 is 0 Å². The lowest BCUT2D eigenvalue weighted by atomic mass is 10.1. The molecule has 0 spiro atoms. The second-order valence-corrected chi connectivity index (χ2v) is 10.7. The van der Waals surface area contributed by atoms with E-state index in [1.807, 2.05) is 133 Å². The minimum atomic E-state index is -0.486. The molecule has 1 unspecified atom stereocenters. The van der Waals surface area contributed by atoms with Gasteiger partial charge in [0, 0.05) is 16.3 Å². The largest absolute Gasteiger partial charge is 0.495 e. The number of ether oxygens (including phenoxy) is 2. The van der Waals surface area contributed by atoms with E-state index in [0.717, 1.165) is 27.6 Å². The average Bonchev–Trinajstić information content (AvgIpc) is 3.02. The van der Waals surface area contributed by atoms with Gasteiger partial charge in [0.15, 0.2) is 5.11 Å². The van der Waals surface area contributed by atoms with Crippen molar-refractivity contribution < 1.29 is 14.3 Å². The number of thioether (sulfide) groups is 1. The number of para-hydroxylation sites is 3. The van der Waals surface area contributed by atoms with Crippen LogP contribution >= 0.6 is 24.0 Å². The third-order valence-corrected chi connectivity index (χ3v) is 7.59. The quantitative estimate of drug-likeness (QED) is 0.111. The van der Waals surface area contributed by atoms with Gasteiger partial charge in [-0.05, 0) is 84.5 Å². The first-order valence-corrected chi connectivity index (χ1v) is 14.5. The smallest absolute Gasteiger partial charge is 0.242 e. The molecular formula is C34H29N3O3S2. The summed E-state index contributed by atoms with van der Waals surface area (Å²) in [6.45, 7) is 0. The Balaban J connectivity index is 1.27. The summed E-state index contributed by atoms with van der Waals surface area (Å²) in [6.07, 6.45) is 0. The van der Waals surface area contributed by atoms with E-state index in [9.17, 15) is 4.79 Å². The molecule has 1 amide bonds. The molecule has 1 atom stereocenters. The van der Waals surface area contributed by atoms with Crippen molar-refractivity contribution in [2.24, 2.45) is 0 Å². The highest BCUT2D eigenvalue weighted by atomic mass is 32.2. The summed E-state index contributed by atoms with van der Waals surface area (Å²) in [5, 5.41) is 9.41. The van der Waals surface area contributed by atoms with Crippen LogP contribution in [0.4, 0.5) is 17.1 Å². The Kier molecular flexibility index (Phi) is 9.72. The molecule has 5 aromatic rings. The topological polar surface area (TPSA) is 71.6 Å². The van der Waals surface area contributed by atoms with E-state index in [1.165, 1.54) is 11.8 Å². The maximum Gasteiger partial charge on any atom is 0.242 e. The summed E-state index contributed by atoms with van der Waals surface area (Å²) < 4.78 is 11.3. The van der Waals surface area contributed by atoms with Gasteiger partial charge >= 0.3 is 0 Å². The normalized spacial score (nSPS) is 11.2. The van der Waals surface area contributed by atoms with Gasteiger partial charge in [-0.2, -0.15) is 0 Å². The van der Waals surface area contributed by atoms with Crippen LogP contribution in [0.2, 0.25) is 0 Å². The number of thiocarbonyl (C=S) groups is 1. The van der Waals surface area contributed by atoms with Crippen molar-refractivity contribution in [1.82, 2.24) is 0 Å². The molecule has 5 rings (SSSR count). The molecule has 0 aliphatic heterocycles. The molecule has 0 aromatic heterocycles. The van der Waals surface area contributed by atoms with Crippen LogP contribution in [0.3, 0.4) is 0 Å². The minimum Gasteiger partial charge on any atom is -0.495 e. The number of anilines is 3. The van der Waals surface area contributed by atoms with Crippen molar-refractivity contribution in [2.45, 2.75) is 10.1 Å². The molecule has 0 aliphatic rings. The lowest BCUT2D eigenvalue weighted by Gasteiger charge is -2.18. The fourth-order valence-corrected chi connectivity index (χ4v) is 5.47. The van der Waals surface area contributed by atoms with Gasteiger partial charge in [-0.15, -0.1) is 11.8 Å². The van der Waals surface area contributed by atoms with Gasteiger partial charge in [0.25, 0.3) is 0 Å². The Morgan fingerprint density at radius 2 is 1.36 bits per heavy atom. The van der Waals surface area contributed by atoms with E-state index < -0.39 is 5.25 Å². The number of nitrogens with one attached hydrogen (secondary N) is 3. The standard InChI is InChI=1S/C34H29N3O3S2/c1-39-31-18-9-8-17-30(31)37-34(41)36-26-13-10-16-29(23-26)42-32(24-11-4-2-5-12-24)33(38)35-25-19-21-28(22-20-25)40-27-14-6-3-7-15-27/h2-23,32H,1H3,(H,35,38)(H2,36,37,41). The summed E-state index contributed by atoms with van der Waals surface area (Å²) in [5.74, 6) is 2.01. The number of amides is 1. The number of benzene rings is 5. The molecule has 210 valence electrons. The average molecular weight is 592 g/mol. The number of carbonyl (C=O) groups excluding carboxylic acids is 1. The van der Waals surface area contributed by atoms with Crippen LogP contribution in [0.1, 0.15) is 10.8 Å². The van der Waals surface area contributed by atoms with E-state index in [1.54, 1.807) is 7.11 Å². The van der Waals surface area contributed by atoms with Crippen molar-refractivity contribution in [3.63, 3.8) is 0 Å². The van der Waals surface area contributed by atoms with Crippen molar-refractivity contribution in [2.75, 3.05) is 23.1 Å². The SMILES string of the molecule is COc1ccccc1NC(=S)Nc1cccc(SC(C(=O)Nc2ccc(Oc3ccccc3)cc2)c2ccccc2)c1. The molecule has 42 heavy (non-hydrogen) atoms. The van der Waals surface area contributed by atoms with Gasteiger partial charge in [0.2, 0.25) is 5.91 Å². The van der Waals surface area contributed by atoms with Crippen molar-refractivity contribution >= 4 is 52.1 Å². The van der Waals surface area contributed by atoms with Gasteiger partial charge in [-0.25, -0.2) is 0 Å². The molecule has 0 fully saturated rings. The summed E-state index contributed by atoms with van der Waals surface area (Å²) in [6, 6.07) is 42.0. The maximum atomic E-state index is 13.6. The molecule has 0 saturated carbocycles. The van der Waals surface area contributed by atoms with E-state index in [2.05, 4.69) is 16.0 Å². The van der Waals surface area contributed by atoms with Gasteiger partial charge in [0.1, 0.15) is 22.5 Å². The Morgan fingerprint density at radius 3 is 2.10 bits per heavy atom. The van der Waals surface area contributed by atoms with Crippen LogP contribution in [0, 0.1) is 0 Å². The Hall–Kier alpha value is -4.79. The monoisotopic (exact) mass is 591 g/mol. The summed E-state index contributed by atoms with van der Waals surface area (Å²) >= 11 is 7.00. The van der Waals surface area contributed by atoms with Gasteiger partial charge in [0.05, 0.1) is 12.8 Å². The summed E-state index contributed by atoms with van der Waals surface area (Å²) in [7, 11) is 1.62. The van der Waals surface area contributed by atoms with Gasteiger partial charge in [-0.1, -0.05) is 66.7 Å². The lowest BCUT2D eigenvalue weighted by Crippen LogP contribution is -2.20. The summed E-state index contributed by atoms with van der Waals surface area (Å²) in [4.78, 5) is 14.5. The van der Waals surface area contributed by atoms with Crippen LogP contribution in [0.25, 0.3) is 0 Å². The first-order valence-electron chi connectivity index (χ1n) is 13.2. The van der Waals surface area contributed by atoms with E-state index in [4.69, 9.17) is 21.7 Å². The van der Waals surface area contributed by atoms with E-state index in [0.29, 0.717) is 22.3 Å². The van der Waals surface area contributed by atoms with Crippen molar-refractivity contribution in [3.05, 3.63) is 139 Å². The van der Waals surface area contributed by atoms with Crippen molar-refractivity contribution in [3.8, 4) is 17.2 Å². The van der Waals surface area contributed by atoms with Crippen LogP contribution in [0.15, 0.2) is 138 Å². The molecule has 0 radical (unpaired) electrons. The lowest BCUT2D eigenvalue weighted by molar-refractivity contribution is -0.115. The highest BCUT2D eigenvalue weighted by molar-refractivity contribution is 8.00. The Bertz CT molecular complexity index is 1630. The predicted octanol–water partition coefficient (Wildman–Crippen LogP) is 8.77. The number of hydrogen-bond donors (Lipinski definition) is 3. The van der Waals surface area contributed by atoms with Crippen LogP contribution in [-0.4, -0.2) is 18.1 Å². The molecule has 5 aromatic carbocycles. The molecular weight excluding hydrogens is 563 g/mol. The number of hydrogen-bond acceptors (Lipinski definition) is 5. The zero-order chi connectivity index (χ0) is 29.1. The maximum absolute atomic E-state index is 13.6. The first-order chi connectivity index (χ1) is 20.6. The molecule has 0 saturated heterocycles. The Morgan fingerprint density at radius 1 is 0.690 bits per heavy atom. The Labute approximate surface area is 255 Å². The van der Waals surface area contributed by atoms with E-state index in [-0.39, 0.29) is 5.91 Å². The highest BCUT2D eigenvalue weighted by Gasteiger charge is 2.22. The molecule has 3 N–H and O–H groups in total. The number of carbonyl (C=O) groups is 1. The fraction of sp³-hybridized carbons (Fsp3) is 0.0588. The number of rotatable bonds is 10. The van der Waals surface area contributed by atoms with Gasteiger partial charge < -0.3 is 25.4 Å². The molecule has 8 heteroatoms. The highest BCUT2D eigenvalue weighted by Crippen LogP contribution is 2.37. The zero-order valence-corrected chi connectivity index (χ0v) is 24.5. The predicted molar refractivity (Wildman–Crippen MR) is 176 cm³/mol.